The molecule has 0 atom stereocenters. The molecular weight excluding hydrogens is 338 g/mol. The Bertz CT molecular complexity index is 801. The van der Waals surface area contributed by atoms with Crippen LogP contribution < -0.4 is 10.6 Å². The number of aryl methyl sites for hydroxylation is 2. The number of benzene rings is 2. The number of hydrogen-bond acceptors (Lipinski definition) is 2. The van der Waals surface area contributed by atoms with E-state index in [1.807, 2.05) is 0 Å². The zero-order valence-electron chi connectivity index (χ0n) is 15.4. The molecule has 0 bridgehead atoms. The van der Waals surface area contributed by atoms with Crippen molar-refractivity contribution in [1.29, 1.82) is 0 Å². The van der Waals surface area contributed by atoms with Crippen LogP contribution in [-0.4, -0.2) is 43.0 Å². The highest BCUT2D eigenvalue weighted by Crippen LogP contribution is 2.36. The number of nitrogens with one attached hydrogen (secondary N) is 2. The number of nitrogens with zero attached hydrogens (tertiary/aromatic N) is 1. The van der Waals surface area contributed by atoms with Gasteiger partial charge in [-0.2, -0.15) is 0 Å². The van der Waals surface area contributed by atoms with Crippen LogP contribution in [0.1, 0.15) is 34.6 Å². The van der Waals surface area contributed by atoms with Gasteiger partial charge in [0.2, 0.25) is 5.91 Å². The number of rotatable bonds is 5. The summed E-state index contributed by atoms with van der Waals surface area (Å²) in [7, 11) is 0. The molecule has 0 radical (unpaired) electrons. The van der Waals surface area contributed by atoms with Crippen molar-refractivity contribution < 1.29 is 9.59 Å². The fraction of sp³-hybridized carbons (Fsp3) is 0.364. The number of amides is 3. The van der Waals surface area contributed by atoms with Crippen LogP contribution in [0.25, 0.3) is 0 Å². The van der Waals surface area contributed by atoms with E-state index in [0.717, 1.165) is 12.8 Å². The molecule has 1 aliphatic heterocycles. The zero-order chi connectivity index (χ0) is 18.6. The van der Waals surface area contributed by atoms with Crippen LogP contribution in [0.3, 0.4) is 0 Å². The van der Waals surface area contributed by atoms with Crippen molar-refractivity contribution in [2.24, 2.45) is 0 Å². The molecule has 0 saturated carbocycles. The van der Waals surface area contributed by atoms with Crippen LogP contribution in [-0.2, 0) is 17.6 Å². The van der Waals surface area contributed by atoms with Gasteiger partial charge >= 0.3 is 6.03 Å². The van der Waals surface area contributed by atoms with Gasteiger partial charge in [-0.1, -0.05) is 48.5 Å². The van der Waals surface area contributed by atoms with Crippen LogP contribution >= 0.6 is 0 Å². The van der Waals surface area contributed by atoms with Gasteiger partial charge in [0.15, 0.2) is 0 Å². The maximum Gasteiger partial charge on any atom is 0.317 e. The second-order valence-corrected chi connectivity index (χ2v) is 7.22. The van der Waals surface area contributed by atoms with Gasteiger partial charge in [-0.3, -0.25) is 4.79 Å². The Labute approximate surface area is 159 Å². The van der Waals surface area contributed by atoms with Crippen molar-refractivity contribution in [3.63, 3.8) is 0 Å². The predicted molar refractivity (Wildman–Crippen MR) is 105 cm³/mol. The molecule has 5 nitrogen and oxygen atoms in total. The van der Waals surface area contributed by atoms with Crippen molar-refractivity contribution in [3.05, 3.63) is 70.8 Å². The van der Waals surface area contributed by atoms with Crippen molar-refractivity contribution in [2.75, 3.05) is 26.2 Å². The minimum Gasteiger partial charge on any atom is -0.354 e. The molecule has 3 amide bonds. The third-order valence-corrected chi connectivity index (χ3v) is 5.56. The van der Waals surface area contributed by atoms with E-state index in [9.17, 15) is 9.59 Å². The largest absolute Gasteiger partial charge is 0.354 e. The second kappa shape index (κ2) is 7.82. The van der Waals surface area contributed by atoms with Gasteiger partial charge in [0, 0.05) is 38.5 Å². The van der Waals surface area contributed by atoms with E-state index in [2.05, 4.69) is 59.2 Å². The average Bonchev–Trinajstić information content (AvgIpc) is 3.02. The summed E-state index contributed by atoms with van der Waals surface area (Å²) in [6.45, 7) is 2.43. The first-order chi connectivity index (χ1) is 13.2. The Morgan fingerprint density at radius 2 is 1.67 bits per heavy atom. The molecule has 0 unspecified atom stereocenters. The van der Waals surface area contributed by atoms with Gasteiger partial charge in [0.05, 0.1) is 0 Å². The molecule has 2 N–H and O–H groups in total. The first-order valence-corrected chi connectivity index (χ1v) is 9.67. The lowest BCUT2D eigenvalue weighted by molar-refractivity contribution is -0.121. The Morgan fingerprint density at radius 3 is 2.26 bits per heavy atom. The fourth-order valence-electron chi connectivity index (χ4n) is 4.17. The number of fused-ring (bicyclic) bond motifs is 2. The van der Waals surface area contributed by atoms with Crippen molar-refractivity contribution in [3.8, 4) is 0 Å². The van der Waals surface area contributed by atoms with Crippen LogP contribution in [0.2, 0.25) is 0 Å². The highest BCUT2D eigenvalue weighted by Gasteiger charge is 2.25. The highest BCUT2D eigenvalue weighted by molar-refractivity contribution is 5.78. The molecule has 1 saturated heterocycles. The van der Waals surface area contributed by atoms with E-state index < -0.39 is 0 Å². The molecule has 0 aromatic heterocycles. The quantitative estimate of drug-likeness (QED) is 0.857. The number of urea groups is 1. The summed E-state index contributed by atoms with van der Waals surface area (Å²) < 4.78 is 0. The summed E-state index contributed by atoms with van der Waals surface area (Å²) in [5.74, 6) is 0.112. The molecule has 2 aromatic rings. The van der Waals surface area contributed by atoms with Crippen LogP contribution in [0, 0.1) is 0 Å². The van der Waals surface area contributed by atoms with E-state index in [1.54, 1.807) is 4.90 Å². The summed E-state index contributed by atoms with van der Waals surface area (Å²) >= 11 is 0. The van der Waals surface area contributed by atoms with Gasteiger partial charge in [-0.05, 0) is 35.1 Å². The second-order valence-electron chi connectivity index (χ2n) is 7.22. The maximum atomic E-state index is 12.7. The van der Waals surface area contributed by atoms with Gasteiger partial charge in [0.1, 0.15) is 0 Å². The molecule has 1 fully saturated rings. The van der Waals surface area contributed by atoms with Gasteiger partial charge in [0.25, 0.3) is 0 Å². The molecule has 2 aromatic carbocycles. The van der Waals surface area contributed by atoms with E-state index in [0.29, 0.717) is 32.6 Å². The van der Waals surface area contributed by atoms with Crippen LogP contribution in [0.4, 0.5) is 4.79 Å². The maximum absolute atomic E-state index is 12.7. The third-order valence-electron chi connectivity index (χ3n) is 5.56. The minimum atomic E-state index is -0.0455. The Hall–Kier alpha value is -2.82. The third kappa shape index (κ3) is 3.82. The SMILES string of the molecule is O=C(CC1c2ccccc2CCc2ccccc21)NCCN1CCNC1=O. The number of carbonyl (C=O) groups is 2. The minimum absolute atomic E-state index is 0.0334. The van der Waals surface area contributed by atoms with Crippen LogP contribution in [0.15, 0.2) is 48.5 Å². The zero-order valence-corrected chi connectivity index (χ0v) is 15.4. The summed E-state index contributed by atoms with van der Waals surface area (Å²) in [4.78, 5) is 26.0. The average molecular weight is 363 g/mol. The fourth-order valence-corrected chi connectivity index (χ4v) is 4.17. The summed E-state index contributed by atoms with van der Waals surface area (Å²) in [5, 5.41) is 5.78. The highest BCUT2D eigenvalue weighted by atomic mass is 16.2. The van der Waals surface area contributed by atoms with Gasteiger partial charge in [-0.15, -0.1) is 0 Å². The smallest absolute Gasteiger partial charge is 0.317 e. The topological polar surface area (TPSA) is 61.4 Å². The Kier molecular flexibility index (Phi) is 5.10. The van der Waals surface area contributed by atoms with E-state index in [4.69, 9.17) is 0 Å². The molecule has 5 heteroatoms. The molecular formula is C22H25N3O2. The van der Waals surface area contributed by atoms with E-state index >= 15 is 0 Å². The van der Waals surface area contributed by atoms with E-state index in [-0.39, 0.29) is 17.9 Å². The Morgan fingerprint density at radius 1 is 1.04 bits per heavy atom. The lowest BCUT2D eigenvalue weighted by Crippen LogP contribution is -2.37. The molecule has 1 heterocycles. The lowest BCUT2D eigenvalue weighted by atomic mass is 9.85. The summed E-state index contributed by atoms with van der Waals surface area (Å²) in [5.41, 5.74) is 5.19. The standard InChI is InChI=1S/C22H25N3O2/c26-21(23-11-13-25-14-12-24-22(25)27)15-20-18-7-3-1-5-16(18)9-10-17-6-2-4-8-19(17)20/h1-8,20H,9-15H2,(H,23,26)(H,24,27). The Balaban J connectivity index is 1.47. The van der Waals surface area contributed by atoms with E-state index in [1.165, 1.54) is 22.3 Å². The summed E-state index contributed by atoms with van der Waals surface area (Å²) in [6.07, 6.45) is 2.45. The molecule has 27 heavy (non-hydrogen) atoms. The first-order valence-electron chi connectivity index (χ1n) is 9.67. The normalized spacial score (nSPS) is 16.3. The first kappa shape index (κ1) is 17.6. The molecule has 1 aliphatic carbocycles. The van der Waals surface area contributed by atoms with Crippen LogP contribution in [0.5, 0.6) is 0 Å². The molecule has 0 spiro atoms. The monoisotopic (exact) mass is 363 g/mol. The van der Waals surface area contributed by atoms with Crippen molar-refractivity contribution >= 4 is 11.9 Å². The van der Waals surface area contributed by atoms with Crippen molar-refractivity contribution in [2.45, 2.75) is 25.2 Å². The molecule has 4 rings (SSSR count). The number of hydrogen-bond donors (Lipinski definition) is 2. The van der Waals surface area contributed by atoms with Gasteiger partial charge < -0.3 is 15.5 Å². The summed E-state index contributed by atoms with van der Waals surface area (Å²) in [6, 6.07) is 16.9. The molecule has 2 aliphatic rings. The predicted octanol–water partition coefficient (Wildman–Crippen LogP) is 2.45. The number of carbonyl (C=O) groups excluding carboxylic acids is 2. The van der Waals surface area contributed by atoms with Gasteiger partial charge in [-0.25, -0.2) is 4.79 Å². The van der Waals surface area contributed by atoms with Crippen molar-refractivity contribution in [1.82, 2.24) is 15.5 Å². The lowest BCUT2D eigenvalue weighted by Gasteiger charge is -2.20. The molecule has 140 valence electrons.